The van der Waals surface area contributed by atoms with E-state index in [4.69, 9.17) is 6.57 Å². The molecule has 0 aliphatic rings. The molecule has 4 nitrogen and oxygen atoms in total. The Morgan fingerprint density at radius 1 is 1.06 bits per heavy atom. The maximum atomic E-state index is 13.2. The van der Waals surface area contributed by atoms with Crippen molar-refractivity contribution in [3.05, 3.63) is 100 Å². The summed E-state index contributed by atoms with van der Waals surface area (Å²) >= 11 is 0. The molecule has 1 atom stereocenters. The summed E-state index contributed by atoms with van der Waals surface area (Å²) in [7, 11) is 0. The largest absolute Gasteiger partial charge is 0.407 e. The van der Waals surface area contributed by atoms with Gasteiger partial charge in [0.05, 0.1) is 23.8 Å². The third-order valence-electron chi connectivity index (χ3n) is 5.64. The van der Waals surface area contributed by atoms with Crippen LogP contribution >= 0.6 is 0 Å². The number of rotatable bonds is 7. The van der Waals surface area contributed by atoms with Gasteiger partial charge in [-0.15, -0.1) is 0 Å². The van der Waals surface area contributed by atoms with E-state index >= 15 is 0 Å². The van der Waals surface area contributed by atoms with E-state index in [1.807, 2.05) is 36.4 Å². The van der Waals surface area contributed by atoms with Gasteiger partial charge in [-0.3, -0.25) is 4.79 Å². The fourth-order valence-corrected chi connectivity index (χ4v) is 3.62. The second-order valence-electron chi connectivity index (χ2n) is 8.19. The number of nitrogens with zero attached hydrogens (tertiary/aromatic N) is 2. The average Bonchev–Trinajstić information content (AvgIpc) is 2.82. The molecule has 1 N–H and O–H groups in total. The first kappa shape index (κ1) is 24.7. The first-order valence-electron chi connectivity index (χ1n) is 10.5. The van der Waals surface area contributed by atoms with Crippen LogP contribution < -0.4 is 0 Å². The van der Waals surface area contributed by atoms with Gasteiger partial charge in [0, 0.05) is 6.42 Å². The molecule has 0 unspecified atom stereocenters. The summed E-state index contributed by atoms with van der Waals surface area (Å²) in [5.74, 6) is -0.617. The lowest BCUT2D eigenvalue weighted by atomic mass is 9.88. The van der Waals surface area contributed by atoms with Crippen LogP contribution in [-0.2, 0) is 23.8 Å². The lowest BCUT2D eigenvalue weighted by molar-refractivity contribution is -0.137. The molecule has 0 bridgehead atoms. The number of alkyl halides is 3. The Balaban J connectivity index is 1.75. The highest BCUT2D eigenvalue weighted by Crippen LogP contribution is 2.37. The van der Waals surface area contributed by atoms with Gasteiger partial charge in [-0.25, -0.2) is 4.85 Å². The predicted molar refractivity (Wildman–Crippen MR) is 122 cm³/mol. The quantitative estimate of drug-likeness (QED) is 0.420. The minimum absolute atomic E-state index is 0.0538. The fraction of sp³-hybridized carbons (Fsp3) is 0.222. The third-order valence-corrected chi connectivity index (χ3v) is 5.64. The highest BCUT2D eigenvalue weighted by Gasteiger charge is 2.35. The molecule has 0 spiro atoms. The molecule has 0 fully saturated rings. The lowest BCUT2D eigenvalue weighted by Crippen LogP contribution is -2.37. The van der Waals surface area contributed by atoms with Crippen LogP contribution in [0.3, 0.4) is 0 Å². The molecule has 0 saturated carbocycles. The van der Waals surface area contributed by atoms with Crippen molar-refractivity contribution in [2.24, 2.45) is 0 Å². The van der Waals surface area contributed by atoms with E-state index in [2.05, 4.69) is 10.9 Å². The van der Waals surface area contributed by atoms with E-state index in [0.29, 0.717) is 12.0 Å². The summed E-state index contributed by atoms with van der Waals surface area (Å²) in [4.78, 5) is 15.6. The van der Waals surface area contributed by atoms with E-state index in [-0.39, 0.29) is 12.0 Å². The molecule has 0 radical (unpaired) electrons. The Morgan fingerprint density at radius 3 is 2.35 bits per heavy atom. The van der Waals surface area contributed by atoms with Crippen LogP contribution in [0.15, 0.2) is 66.7 Å². The molecule has 0 heterocycles. The summed E-state index contributed by atoms with van der Waals surface area (Å²) in [5.41, 5.74) is -0.401. The first-order chi connectivity index (χ1) is 16.0. The standard InChI is InChI=1S/C27H21F3N2O2/c1-26(34,25(33)16-19-9-11-24(32-2)23(15-19)27(28,29)30)13-12-18-8-10-21(17-31)22(14-18)20-6-4-3-5-7-20/h3-11,14-15,34H,12-13,16H2,1H3/t26-/m0/s1. The van der Waals surface area contributed by atoms with Crippen molar-refractivity contribution in [2.45, 2.75) is 38.0 Å². The molecular weight excluding hydrogens is 441 g/mol. The van der Waals surface area contributed by atoms with E-state index in [0.717, 1.165) is 28.8 Å². The predicted octanol–water partition coefficient (Wildman–Crippen LogP) is 6.29. The first-order valence-corrected chi connectivity index (χ1v) is 10.5. The number of aryl methyl sites for hydroxylation is 1. The molecule has 3 aromatic carbocycles. The van der Waals surface area contributed by atoms with Gasteiger partial charge in [-0.05, 0) is 54.2 Å². The maximum Gasteiger partial charge on any atom is 0.407 e. The fourth-order valence-electron chi connectivity index (χ4n) is 3.62. The van der Waals surface area contributed by atoms with Gasteiger partial charge in [0.2, 0.25) is 0 Å². The number of nitriles is 1. The van der Waals surface area contributed by atoms with E-state index in [9.17, 15) is 28.3 Å². The molecule has 0 aromatic heterocycles. The molecule has 34 heavy (non-hydrogen) atoms. The summed E-state index contributed by atoms with van der Waals surface area (Å²) in [6, 6.07) is 19.9. The molecule has 3 aromatic rings. The van der Waals surface area contributed by atoms with Gasteiger partial charge in [0.15, 0.2) is 11.5 Å². The molecule has 0 aliphatic heterocycles. The zero-order valence-electron chi connectivity index (χ0n) is 18.4. The number of carbonyl (C=O) groups excluding carboxylic acids is 1. The Bertz CT molecular complexity index is 1280. The number of Topliss-reactive ketones (excluding diaryl/α,β-unsaturated/α-hetero) is 1. The Labute approximate surface area is 195 Å². The van der Waals surface area contributed by atoms with Gasteiger partial charge in [0.1, 0.15) is 5.60 Å². The summed E-state index contributed by atoms with van der Waals surface area (Å²) in [6.07, 6.45) is -4.72. The van der Waals surface area contributed by atoms with Crippen LogP contribution in [0.25, 0.3) is 16.0 Å². The van der Waals surface area contributed by atoms with Crippen molar-refractivity contribution >= 4 is 11.5 Å². The van der Waals surface area contributed by atoms with E-state index in [1.165, 1.54) is 13.0 Å². The van der Waals surface area contributed by atoms with Crippen molar-refractivity contribution in [3.63, 3.8) is 0 Å². The minimum Gasteiger partial charge on any atom is -0.382 e. The van der Waals surface area contributed by atoms with E-state index in [1.54, 1.807) is 12.1 Å². The topological polar surface area (TPSA) is 65.4 Å². The number of hydrogen-bond acceptors (Lipinski definition) is 3. The molecule has 7 heteroatoms. The molecule has 0 saturated heterocycles. The number of ketones is 1. The molecule has 3 rings (SSSR count). The normalized spacial score (nSPS) is 12.9. The van der Waals surface area contributed by atoms with Crippen LogP contribution in [0.1, 0.15) is 35.6 Å². The average molecular weight is 462 g/mol. The Kier molecular flexibility index (Phi) is 7.20. The second kappa shape index (κ2) is 9.91. The number of aliphatic hydroxyl groups is 1. The minimum atomic E-state index is -4.71. The van der Waals surface area contributed by atoms with Crippen molar-refractivity contribution in [3.8, 4) is 17.2 Å². The van der Waals surface area contributed by atoms with Crippen LogP contribution in [0.2, 0.25) is 0 Å². The van der Waals surface area contributed by atoms with Crippen LogP contribution in [0.4, 0.5) is 18.9 Å². The second-order valence-corrected chi connectivity index (χ2v) is 8.19. The van der Waals surface area contributed by atoms with Gasteiger partial charge in [-0.2, -0.15) is 18.4 Å². The maximum absolute atomic E-state index is 13.2. The summed E-state index contributed by atoms with van der Waals surface area (Å²) in [5, 5.41) is 20.2. The molecule has 0 amide bonds. The highest BCUT2D eigenvalue weighted by atomic mass is 19.4. The molecular formula is C27H21F3N2O2. The number of hydrogen-bond donors (Lipinski definition) is 1. The number of benzene rings is 3. The van der Waals surface area contributed by atoms with Crippen molar-refractivity contribution in [2.75, 3.05) is 0 Å². The van der Waals surface area contributed by atoms with Gasteiger partial charge < -0.3 is 5.11 Å². The Morgan fingerprint density at radius 2 is 1.74 bits per heavy atom. The van der Waals surface area contributed by atoms with Crippen molar-refractivity contribution in [1.29, 1.82) is 5.26 Å². The SMILES string of the molecule is [C-]#[N+]c1ccc(CC(=O)[C@@](C)(O)CCc2ccc(C#N)c(-c3ccccc3)c2)cc1C(F)(F)F. The smallest absolute Gasteiger partial charge is 0.382 e. The van der Waals surface area contributed by atoms with Crippen molar-refractivity contribution < 1.29 is 23.1 Å². The van der Waals surface area contributed by atoms with Crippen LogP contribution in [0, 0.1) is 17.9 Å². The van der Waals surface area contributed by atoms with Gasteiger partial charge >= 0.3 is 6.18 Å². The highest BCUT2D eigenvalue weighted by molar-refractivity contribution is 5.88. The summed E-state index contributed by atoms with van der Waals surface area (Å²) in [6.45, 7) is 8.25. The number of halogens is 3. The van der Waals surface area contributed by atoms with Gasteiger partial charge in [0.25, 0.3) is 0 Å². The van der Waals surface area contributed by atoms with Crippen molar-refractivity contribution in [1.82, 2.24) is 0 Å². The monoisotopic (exact) mass is 462 g/mol. The molecule has 172 valence electrons. The lowest BCUT2D eigenvalue weighted by Gasteiger charge is -2.22. The van der Waals surface area contributed by atoms with Crippen LogP contribution in [-0.4, -0.2) is 16.5 Å². The zero-order valence-corrected chi connectivity index (χ0v) is 18.4. The van der Waals surface area contributed by atoms with Crippen LogP contribution in [0.5, 0.6) is 0 Å². The van der Waals surface area contributed by atoms with Gasteiger partial charge in [-0.1, -0.05) is 54.6 Å². The Hall–Kier alpha value is -3.94. The zero-order chi connectivity index (χ0) is 24.9. The third kappa shape index (κ3) is 5.70. The van der Waals surface area contributed by atoms with E-state index < -0.39 is 35.2 Å². The molecule has 0 aliphatic carbocycles. The number of carbonyl (C=O) groups is 1. The summed E-state index contributed by atoms with van der Waals surface area (Å²) < 4.78 is 39.6.